The molecule has 2 N–H and O–H groups in total. The van der Waals surface area contributed by atoms with Crippen LogP contribution in [0.15, 0.2) is 47.8 Å². The maximum atomic E-state index is 11.9. The topological polar surface area (TPSA) is 89.0 Å². The van der Waals surface area contributed by atoms with Crippen LogP contribution < -0.4 is 10.6 Å². The first-order valence-electron chi connectivity index (χ1n) is 7.53. The average molecular weight is 343 g/mol. The van der Waals surface area contributed by atoms with Crippen LogP contribution in [0.4, 0.5) is 5.95 Å². The molecular formula is C16H17N5O2S. The normalized spacial score (nSPS) is 16.6. The highest BCUT2D eigenvalue weighted by atomic mass is 32.2. The van der Waals surface area contributed by atoms with Crippen molar-refractivity contribution in [3.05, 3.63) is 53.5 Å². The van der Waals surface area contributed by atoms with Gasteiger partial charge in [0, 0.05) is 23.5 Å². The van der Waals surface area contributed by atoms with E-state index in [0.717, 1.165) is 16.3 Å². The average Bonchev–Trinajstić information content (AvgIpc) is 2.99. The summed E-state index contributed by atoms with van der Waals surface area (Å²) in [5, 5.41) is 6.52. The fraction of sp³-hybridized carbons (Fsp3) is 0.250. The molecule has 0 radical (unpaired) electrons. The Morgan fingerprint density at radius 2 is 2.04 bits per heavy atom. The van der Waals surface area contributed by atoms with Crippen LogP contribution in [-0.2, 0) is 9.53 Å². The van der Waals surface area contributed by atoms with Gasteiger partial charge in [0.15, 0.2) is 5.50 Å². The molecule has 24 heavy (non-hydrogen) atoms. The Labute approximate surface area is 144 Å². The SMILES string of the molecule is CCOC(=O)CC1=C(c2ccccn2)NC(Nc2ncccn2)S1. The molecule has 3 heterocycles. The zero-order valence-electron chi connectivity index (χ0n) is 13.1. The molecule has 1 unspecified atom stereocenters. The van der Waals surface area contributed by atoms with Gasteiger partial charge < -0.3 is 15.4 Å². The number of nitrogens with one attached hydrogen (secondary N) is 2. The van der Waals surface area contributed by atoms with Gasteiger partial charge in [0.2, 0.25) is 5.95 Å². The Hall–Kier alpha value is -2.61. The van der Waals surface area contributed by atoms with Crippen LogP contribution in [0.1, 0.15) is 19.0 Å². The number of anilines is 1. The third-order valence-electron chi connectivity index (χ3n) is 3.17. The van der Waals surface area contributed by atoms with E-state index in [1.54, 1.807) is 31.6 Å². The first-order chi connectivity index (χ1) is 11.8. The van der Waals surface area contributed by atoms with Crippen molar-refractivity contribution >= 4 is 29.4 Å². The van der Waals surface area contributed by atoms with Gasteiger partial charge in [-0.3, -0.25) is 9.78 Å². The van der Waals surface area contributed by atoms with Crippen LogP contribution in [0.25, 0.3) is 5.70 Å². The summed E-state index contributed by atoms with van der Waals surface area (Å²) < 4.78 is 5.06. The van der Waals surface area contributed by atoms with Gasteiger partial charge in [0.05, 0.1) is 24.4 Å². The molecular weight excluding hydrogens is 326 g/mol. The van der Waals surface area contributed by atoms with Gasteiger partial charge in [0.1, 0.15) is 0 Å². The molecule has 1 atom stereocenters. The largest absolute Gasteiger partial charge is 0.466 e. The lowest BCUT2D eigenvalue weighted by Crippen LogP contribution is -2.29. The number of thioether (sulfide) groups is 1. The summed E-state index contributed by atoms with van der Waals surface area (Å²) in [5.41, 5.74) is 1.42. The predicted molar refractivity (Wildman–Crippen MR) is 92.6 cm³/mol. The Morgan fingerprint density at radius 1 is 1.25 bits per heavy atom. The summed E-state index contributed by atoms with van der Waals surface area (Å²) in [6.07, 6.45) is 5.26. The van der Waals surface area contributed by atoms with Gasteiger partial charge in [-0.05, 0) is 25.1 Å². The number of hydrogen-bond donors (Lipinski definition) is 2. The number of rotatable bonds is 6. The van der Waals surface area contributed by atoms with Crippen LogP contribution in [0.5, 0.6) is 0 Å². The number of nitrogens with zero attached hydrogens (tertiary/aromatic N) is 3. The predicted octanol–water partition coefficient (Wildman–Crippen LogP) is 2.23. The molecule has 1 aliphatic rings. The zero-order chi connectivity index (χ0) is 16.8. The molecule has 0 saturated heterocycles. The number of carbonyl (C=O) groups excluding carboxylic acids is 1. The molecule has 0 bridgehead atoms. The van der Waals surface area contributed by atoms with E-state index < -0.39 is 0 Å². The molecule has 0 spiro atoms. The maximum absolute atomic E-state index is 11.9. The lowest BCUT2D eigenvalue weighted by atomic mass is 10.2. The van der Waals surface area contributed by atoms with Crippen molar-refractivity contribution < 1.29 is 9.53 Å². The minimum Gasteiger partial charge on any atom is -0.466 e. The number of esters is 1. The van der Waals surface area contributed by atoms with E-state index >= 15 is 0 Å². The quantitative estimate of drug-likeness (QED) is 0.772. The second kappa shape index (κ2) is 7.78. The summed E-state index contributed by atoms with van der Waals surface area (Å²) in [6.45, 7) is 2.16. The minimum atomic E-state index is -0.258. The fourth-order valence-corrected chi connectivity index (χ4v) is 3.31. The smallest absolute Gasteiger partial charge is 0.310 e. The third kappa shape index (κ3) is 4.02. The Balaban J connectivity index is 1.78. The Kier molecular flexibility index (Phi) is 5.27. The molecule has 2 aromatic heterocycles. The molecule has 0 amide bonds. The van der Waals surface area contributed by atoms with Crippen molar-refractivity contribution in [1.82, 2.24) is 20.3 Å². The third-order valence-corrected chi connectivity index (χ3v) is 4.28. The Bertz CT molecular complexity index is 724. The van der Waals surface area contributed by atoms with Gasteiger partial charge in [-0.15, -0.1) is 0 Å². The Morgan fingerprint density at radius 3 is 2.75 bits per heavy atom. The van der Waals surface area contributed by atoms with Gasteiger partial charge in [-0.1, -0.05) is 17.8 Å². The van der Waals surface area contributed by atoms with Crippen molar-refractivity contribution in [3.63, 3.8) is 0 Å². The van der Waals surface area contributed by atoms with Gasteiger partial charge in [-0.25, -0.2) is 9.97 Å². The van der Waals surface area contributed by atoms with E-state index in [-0.39, 0.29) is 17.9 Å². The summed E-state index contributed by atoms with van der Waals surface area (Å²) in [5.74, 6) is 0.257. The van der Waals surface area contributed by atoms with E-state index in [1.807, 2.05) is 18.2 Å². The molecule has 0 fully saturated rings. The van der Waals surface area contributed by atoms with Crippen LogP contribution in [0, 0.1) is 0 Å². The van der Waals surface area contributed by atoms with Crippen molar-refractivity contribution in [2.75, 3.05) is 11.9 Å². The zero-order valence-corrected chi connectivity index (χ0v) is 13.9. The van der Waals surface area contributed by atoms with Crippen LogP contribution in [0.3, 0.4) is 0 Å². The minimum absolute atomic E-state index is 0.186. The second-order valence-corrected chi connectivity index (χ2v) is 6.05. The molecule has 0 aliphatic carbocycles. The molecule has 1 aliphatic heterocycles. The first-order valence-corrected chi connectivity index (χ1v) is 8.41. The molecule has 7 nitrogen and oxygen atoms in total. The number of carbonyl (C=O) groups is 1. The molecule has 8 heteroatoms. The van der Waals surface area contributed by atoms with E-state index in [0.29, 0.717) is 12.6 Å². The van der Waals surface area contributed by atoms with Crippen LogP contribution in [-0.4, -0.2) is 33.0 Å². The summed E-state index contributed by atoms with van der Waals surface area (Å²) in [4.78, 5) is 25.4. The number of ether oxygens (including phenoxy) is 1. The molecule has 3 rings (SSSR count). The van der Waals surface area contributed by atoms with Crippen molar-refractivity contribution in [2.45, 2.75) is 18.8 Å². The highest BCUT2D eigenvalue weighted by Gasteiger charge is 2.28. The van der Waals surface area contributed by atoms with E-state index in [1.165, 1.54) is 11.8 Å². The summed E-state index contributed by atoms with van der Waals surface area (Å²) >= 11 is 1.50. The van der Waals surface area contributed by atoms with Crippen LogP contribution in [0.2, 0.25) is 0 Å². The van der Waals surface area contributed by atoms with E-state index in [4.69, 9.17) is 4.74 Å². The number of pyridine rings is 1. The molecule has 0 saturated carbocycles. The first kappa shape index (κ1) is 16.3. The molecule has 0 aromatic carbocycles. The highest BCUT2D eigenvalue weighted by molar-refractivity contribution is 8.04. The summed E-state index contributed by atoms with van der Waals surface area (Å²) in [6, 6.07) is 7.41. The van der Waals surface area contributed by atoms with Crippen LogP contribution >= 0.6 is 11.8 Å². The lowest BCUT2D eigenvalue weighted by Gasteiger charge is -2.13. The summed E-state index contributed by atoms with van der Waals surface area (Å²) in [7, 11) is 0. The maximum Gasteiger partial charge on any atom is 0.310 e. The fourth-order valence-electron chi connectivity index (χ4n) is 2.20. The van der Waals surface area contributed by atoms with E-state index in [2.05, 4.69) is 25.6 Å². The monoisotopic (exact) mass is 343 g/mol. The van der Waals surface area contributed by atoms with Gasteiger partial charge in [0.25, 0.3) is 0 Å². The van der Waals surface area contributed by atoms with Gasteiger partial charge in [-0.2, -0.15) is 0 Å². The van der Waals surface area contributed by atoms with E-state index in [9.17, 15) is 4.79 Å². The van der Waals surface area contributed by atoms with Gasteiger partial charge >= 0.3 is 5.97 Å². The van der Waals surface area contributed by atoms with Crippen molar-refractivity contribution in [2.24, 2.45) is 0 Å². The molecule has 124 valence electrons. The number of hydrogen-bond acceptors (Lipinski definition) is 8. The highest BCUT2D eigenvalue weighted by Crippen LogP contribution is 2.37. The van der Waals surface area contributed by atoms with Crippen molar-refractivity contribution in [1.29, 1.82) is 0 Å². The second-order valence-electron chi connectivity index (χ2n) is 4.85. The number of aromatic nitrogens is 3. The standard InChI is InChI=1S/C16H17N5O2S/c1-2-23-13(22)10-12-14(11-6-3-4-7-17-11)20-16(24-12)21-15-18-8-5-9-19-15/h3-9,16,20H,2,10H2,1H3,(H,18,19,21). The lowest BCUT2D eigenvalue weighted by molar-refractivity contribution is -0.142. The molecule has 2 aromatic rings. The van der Waals surface area contributed by atoms with Crippen molar-refractivity contribution in [3.8, 4) is 0 Å².